The Bertz CT molecular complexity index is 591. The van der Waals surface area contributed by atoms with Crippen LogP contribution in [-0.2, 0) is 0 Å². The monoisotopic (exact) mass is 260 g/mol. The van der Waals surface area contributed by atoms with E-state index in [0.717, 1.165) is 23.2 Å². The molecule has 0 heterocycles. The van der Waals surface area contributed by atoms with Crippen molar-refractivity contribution >= 4 is 17.9 Å². The van der Waals surface area contributed by atoms with E-state index >= 15 is 0 Å². The molecule has 3 heteroatoms. The SMILES string of the molecule is Cc1ccc(C)c(Oc2ccc(C=O)cc2Cl)c1. The summed E-state index contributed by atoms with van der Waals surface area (Å²) in [5.41, 5.74) is 2.70. The van der Waals surface area contributed by atoms with Gasteiger partial charge in [0.1, 0.15) is 17.8 Å². The first-order chi connectivity index (χ1) is 8.60. The van der Waals surface area contributed by atoms with E-state index in [0.29, 0.717) is 16.3 Å². The lowest BCUT2D eigenvalue weighted by atomic mass is 10.1. The van der Waals surface area contributed by atoms with Crippen LogP contribution in [0.15, 0.2) is 36.4 Å². The Morgan fingerprint density at radius 3 is 2.50 bits per heavy atom. The molecular formula is C15H13ClO2. The maximum Gasteiger partial charge on any atom is 0.150 e. The number of hydrogen-bond donors (Lipinski definition) is 0. The first-order valence-corrected chi connectivity index (χ1v) is 5.98. The molecule has 0 aliphatic carbocycles. The van der Waals surface area contributed by atoms with Crippen LogP contribution in [-0.4, -0.2) is 6.29 Å². The number of benzene rings is 2. The lowest BCUT2D eigenvalue weighted by molar-refractivity contribution is 0.112. The minimum Gasteiger partial charge on any atom is -0.456 e. The zero-order valence-corrected chi connectivity index (χ0v) is 11.0. The summed E-state index contributed by atoms with van der Waals surface area (Å²) in [5, 5.41) is 0.431. The molecule has 0 bridgehead atoms. The van der Waals surface area contributed by atoms with Gasteiger partial charge in [0.2, 0.25) is 0 Å². The van der Waals surface area contributed by atoms with Crippen molar-refractivity contribution in [1.82, 2.24) is 0 Å². The summed E-state index contributed by atoms with van der Waals surface area (Å²) in [5.74, 6) is 1.33. The van der Waals surface area contributed by atoms with Gasteiger partial charge in [-0.2, -0.15) is 0 Å². The van der Waals surface area contributed by atoms with Gasteiger partial charge in [0, 0.05) is 5.56 Å². The molecule has 0 aliphatic rings. The molecule has 0 radical (unpaired) electrons. The molecule has 0 unspecified atom stereocenters. The summed E-state index contributed by atoms with van der Waals surface area (Å²) >= 11 is 6.07. The number of hydrogen-bond acceptors (Lipinski definition) is 2. The molecule has 0 aromatic heterocycles. The Morgan fingerprint density at radius 2 is 1.83 bits per heavy atom. The minimum atomic E-state index is 0.431. The first-order valence-electron chi connectivity index (χ1n) is 5.60. The highest BCUT2D eigenvalue weighted by Gasteiger charge is 2.06. The fraction of sp³-hybridized carbons (Fsp3) is 0.133. The quantitative estimate of drug-likeness (QED) is 0.756. The zero-order chi connectivity index (χ0) is 13.1. The van der Waals surface area contributed by atoms with Crippen molar-refractivity contribution in [1.29, 1.82) is 0 Å². The second-order valence-corrected chi connectivity index (χ2v) is 4.59. The summed E-state index contributed by atoms with van der Waals surface area (Å²) in [4.78, 5) is 10.6. The van der Waals surface area contributed by atoms with E-state index in [9.17, 15) is 4.79 Å². The van der Waals surface area contributed by atoms with Gasteiger partial charge in [0.25, 0.3) is 0 Å². The van der Waals surface area contributed by atoms with Crippen LogP contribution in [0.25, 0.3) is 0 Å². The van der Waals surface area contributed by atoms with Crippen LogP contribution in [0.3, 0.4) is 0 Å². The average molecular weight is 261 g/mol. The second-order valence-electron chi connectivity index (χ2n) is 4.18. The molecule has 2 aromatic rings. The van der Waals surface area contributed by atoms with Crippen molar-refractivity contribution in [2.75, 3.05) is 0 Å². The minimum absolute atomic E-state index is 0.431. The fourth-order valence-corrected chi connectivity index (χ4v) is 1.84. The molecule has 2 aromatic carbocycles. The van der Waals surface area contributed by atoms with Gasteiger partial charge in [0.05, 0.1) is 5.02 Å². The number of aryl methyl sites for hydroxylation is 2. The molecule has 0 aliphatic heterocycles. The molecule has 18 heavy (non-hydrogen) atoms. The molecule has 0 fully saturated rings. The van der Waals surface area contributed by atoms with E-state index in [2.05, 4.69) is 0 Å². The number of aldehydes is 1. The van der Waals surface area contributed by atoms with Crippen LogP contribution in [0.5, 0.6) is 11.5 Å². The van der Waals surface area contributed by atoms with Gasteiger partial charge in [-0.25, -0.2) is 0 Å². The van der Waals surface area contributed by atoms with E-state index in [4.69, 9.17) is 16.3 Å². The van der Waals surface area contributed by atoms with Crippen LogP contribution in [0.2, 0.25) is 5.02 Å². The van der Waals surface area contributed by atoms with Gasteiger partial charge in [-0.3, -0.25) is 4.79 Å². The maximum absolute atomic E-state index is 10.6. The summed E-state index contributed by atoms with van der Waals surface area (Å²) in [6.45, 7) is 3.98. The summed E-state index contributed by atoms with van der Waals surface area (Å²) in [7, 11) is 0. The summed E-state index contributed by atoms with van der Waals surface area (Å²) < 4.78 is 5.77. The topological polar surface area (TPSA) is 26.3 Å². The number of carbonyl (C=O) groups excluding carboxylic acids is 1. The van der Waals surface area contributed by atoms with Crippen molar-refractivity contribution < 1.29 is 9.53 Å². The van der Waals surface area contributed by atoms with Crippen LogP contribution in [0, 0.1) is 13.8 Å². The molecule has 2 rings (SSSR count). The molecule has 0 spiro atoms. The maximum atomic E-state index is 10.6. The smallest absolute Gasteiger partial charge is 0.150 e. The Kier molecular flexibility index (Phi) is 3.68. The predicted octanol–water partition coefficient (Wildman–Crippen LogP) is 4.56. The van der Waals surface area contributed by atoms with Gasteiger partial charge >= 0.3 is 0 Å². The van der Waals surface area contributed by atoms with Gasteiger partial charge < -0.3 is 4.74 Å². The normalized spacial score (nSPS) is 10.2. The van der Waals surface area contributed by atoms with Gasteiger partial charge in [-0.15, -0.1) is 0 Å². The van der Waals surface area contributed by atoms with Crippen LogP contribution in [0.1, 0.15) is 21.5 Å². The third kappa shape index (κ3) is 2.71. The molecule has 2 nitrogen and oxygen atoms in total. The lowest BCUT2D eigenvalue weighted by Gasteiger charge is -2.11. The van der Waals surface area contributed by atoms with Crippen LogP contribution in [0.4, 0.5) is 0 Å². The summed E-state index contributed by atoms with van der Waals surface area (Å²) in [6.07, 6.45) is 0.758. The van der Waals surface area contributed by atoms with E-state index < -0.39 is 0 Å². The number of rotatable bonds is 3. The Hall–Kier alpha value is -1.80. The molecule has 92 valence electrons. The number of carbonyl (C=O) groups is 1. The van der Waals surface area contributed by atoms with Crippen molar-refractivity contribution in [2.24, 2.45) is 0 Å². The Morgan fingerprint density at radius 1 is 1.06 bits per heavy atom. The second kappa shape index (κ2) is 5.23. The molecule has 0 atom stereocenters. The van der Waals surface area contributed by atoms with E-state index in [1.54, 1.807) is 18.2 Å². The third-order valence-electron chi connectivity index (χ3n) is 2.66. The van der Waals surface area contributed by atoms with Crippen LogP contribution >= 0.6 is 11.6 Å². The van der Waals surface area contributed by atoms with Gasteiger partial charge in [-0.05, 0) is 49.2 Å². The Labute approximate surface area is 111 Å². The van der Waals surface area contributed by atoms with Crippen molar-refractivity contribution in [2.45, 2.75) is 13.8 Å². The lowest BCUT2D eigenvalue weighted by Crippen LogP contribution is -1.90. The average Bonchev–Trinajstić information content (AvgIpc) is 2.36. The molecule has 0 saturated heterocycles. The highest BCUT2D eigenvalue weighted by Crippen LogP contribution is 2.31. The highest BCUT2D eigenvalue weighted by molar-refractivity contribution is 6.32. The van der Waals surface area contributed by atoms with Crippen molar-refractivity contribution in [3.05, 3.63) is 58.1 Å². The van der Waals surface area contributed by atoms with Crippen molar-refractivity contribution in [3.63, 3.8) is 0 Å². The fourth-order valence-electron chi connectivity index (χ4n) is 1.61. The summed E-state index contributed by atoms with van der Waals surface area (Å²) in [6, 6.07) is 11.0. The standard InChI is InChI=1S/C15H13ClO2/c1-10-3-4-11(2)15(7-10)18-14-6-5-12(9-17)8-13(14)16/h3-9H,1-2H3. The first kappa shape index (κ1) is 12.7. The molecular weight excluding hydrogens is 248 g/mol. The zero-order valence-electron chi connectivity index (χ0n) is 10.2. The molecule has 0 N–H and O–H groups in total. The van der Waals surface area contributed by atoms with E-state index in [-0.39, 0.29) is 0 Å². The largest absolute Gasteiger partial charge is 0.456 e. The Balaban J connectivity index is 2.34. The van der Waals surface area contributed by atoms with Gasteiger partial charge in [-0.1, -0.05) is 23.7 Å². The number of halogens is 1. The van der Waals surface area contributed by atoms with E-state index in [1.807, 2.05) is 32.0 Å². The van der Waals surface area contributed by atoms with Crippen LogP contribution < -0.4 is 4.74 Å². The van der Waals surface area contributed by atoms with Crippen molar-refractivity contribution in [3.8, 4) is 11.5 Å². The van der Waals surface area contributed by atoms with Gasteiger partial charge in [0.15, 0.2) is 0 Å². The highest BCUT2D eigenvalue weighted by atomic mass is 35.5. The van der Waals surface area contributed by atoms with E-state index in [1.165, 1.54) is 0 Å². The number of ether oxygens (including phenoxy) is 1. The predicted molar refractivity (Wildman–Crippen MR) is 72.8 cm³/mol. The molecule has 0 saturated carbocycles. The molecule has 0 amide bonds. The third-order valence-corrected chi connectivity index (χ3v) is 2.95.